The van der Waals surface area contributed by atoms with Crippen LogP contribution in [0.4, 0.5) is 0 Å². The quantitative estimate of drug-likeness (QED) is 0.756. The van der Waals surface area contributed by atoms with Gasteiger partial charge in [0.2, 0.25) is 0 Å². The summed E-state index contributed by atoms with van der Waals surface area (Å²) in [6.07, 6.45) is 0. The van der Waals surface area contributed by atoms with Crippen LogP contribution in [-0.4, -0.2) is 38.6 Å². The summed E-state index contributed by atoms with van der Waals surface area (Å²) >= 11 is 0. The van der Waals surface area contributed by atoms with Crippen LogP contribution < -0.4 is 10.1 Å². The Morgan fingerprint density at radius 1 is 1.26 bits per heavy atom. The van der Waals surface area contributed by atoms with Crippen molar-refractivity contribution in [1.82, 2.24) is 5.32 Å². The first-order chi connectivity index (χ1) is 9.12. The van der Waals surface area contributed by atoms with Crippen molar-refractivity contribution in [3.8, 4) is 5.75 Å². The number of rotatable bonds is 8. The minimum atomic E-state index is -0.113. The largest absolute Gasteiger partial charge is 0.497 e. The van der Waals surface area contributed by atoms with Gasteiger partial charge in [0.15, 0.2) is 0 Å². The van der Waals surface area contributed by atoms with Crippen molar-refractivity contribution in [3.05, 3.63) is 29.8 Å². The molecule has 0 saturated carbocycles. The van der Waals surface area contributed by atoms with E-state index in [0.717, 1.165) is 11.3 Å². The lowest BCUT2D eigenvalue weighted by atomic mass is 10.0. The van der Waals surface area contributed by atoms with Gasteiger partial charge in [0.05, 0.1) is 26.4 Å². The second-order valence-corrected chi connectivity index (χ2v) is 4.98. The Morgan fingerprint density at radius 3 is 2.53 bits per heavy atom. The highest BCUT2D eigenvalue weighted by molar-refractivity contribution is 5.30. The van der Waals surface area contributed by atoms with Crippen molar-refractivity contribution in [2.75, 3.05) is 27.4 Å². The summed E-state index contributed by atoms with van der Waals surface area (Å²) < 4.78 is 10.4. The van der Waals surface area contributed by atoms with Crippen molar-refractivity contribution < 1.29 is 14.6 Å². The lowest BCUT2D eigenvalue weighted by molar-refractivity contribution is 0.129. The Morgan fingerprint density at radius 2 is 2.00 bits per heavy atom. The van der Waals surface area contributed by atoms with E-state index in [9.17, 15) is 5.11 Å². The lowest BCUT2D eigenvalue weighted by Gasteiger charge is -2.27. The molecule has 1 aromatic rings. The second kappa shape index (κ2) is 8.15. The molecule has 2 unspecified atom stereocenters. The number of nitrogens with one attached hydrogen (secondary N) is 1. The summed E-state index contributed by atoms with van der Waals surface area (Å²) in [6, 6.07) is 7.84. The first-order valence-corrected chi connectivity index (χ1v) is 6.62. The predicted molar refractivity (Wildman–Crippen MR) is 76.5 cm³/mol. The number of ether oxygens (including phenoxy) is 2. The normalized spacial score (nSPS) is 14.4. The molecule has 2 N–H and O–H groups in total. The average Bonchev–Trinajstić information content (AvgIpc) is 2.43. The van der Waals surface area contributed by atoms with Crippen LogP contribution in [-0.2, 0) is 4.74 Å². The predicted octanol–water partition coefficient (Wildman–Crippen LogP) is 1.99. The molecular formula is C15H25NO3. The molecular weight excluding hydrogens is 242 g/mol. The molecule has 0 saturated heterocycles. The number of aliphatic hydroxyl groups excluding tert-OH is 1. The molecule has 19 heavy (non-hydrogen) atoms. The zero-order valence-corrected chi connectivity index (χ0v) is 12.2. The van der Waals surface area contributed by atoms with Crippen molar-refractivity contribution in [2.45, 2.75) is 25.9 Å². The monoisotopic (exact) mass is 267 g/mol. The van der Waals surface area contributed by atoms with Crippen LogP contribution in [0.25, 0.3) is 0 Å². The minimum Gasteiger partial charge on any atom is -0.497 e. The third kappa shape index (κ3) is 4.82. The van der Waals surface area contributed by atoms with Crippen molar-refractivity contribution in [1.29, 1.82) is 0 Å². The van der Waals surface area contributed by atoms with E-state index in [1.807, 2.05) is 24.3 Å². The Labute approximate surface area is 115 Å². The maximum atomic E-state index is 9.60. The third-order valence-corrected chi connectivity index (χ3v) is 3.24. The van der Waals surface area contributed by atoms with Crippen LogP contribution in [0.3, 0.4) is 0 Å². The fraction of sp³-hybridized carbons (Fsp3) is 0.600. The molecule has 1 aromatic carbocycles. The first kappa shape index (κ1) is 16.0. The van der Waals surface area contributed by atoms with Gasteiger partial charge in [-0.2, -0.15) is 0 Å². The van der Waals surface area contributed by atoms with E-state index in [1.165, 1.54) is 0 Å². The van der Waals surface area contributed by atoms with E-state index in [1.54, 1.807) is 14.2 Å². The highest BCUT2D eigenvalue weighted by Gasteiger charge is 2.19. The molecule has 0 spiro atoms. The Hall–Kier alpha value is -1.10. The summed E-state index contributed by atoms with van der Waals surface area (Å²) in [5.74, 6) is 1.23. The van der Waals surface area contributed by atoms with E-state index in [0.29, 0.717) is 12.5 Å². The number of aliphatic hydroxyl groups is 1. The summed E-state index contributed by atoms with van der Waals surface area (Å²) in [5, 5.41) is 13.0. The molecule has 2 atom stereocenters. The minimum absolute atomic E-state index is 0.0418. The molecule has 4 heteroatoms. The number of benzene rings is 1. The van der Waals surface area contributed by atoms with Crippen LogP contribution in [0.15, 0.2) is 24.3 Å². The van der Waals surface area contributed by atoms with Crippen LogP contribution in [0.2, 0.25) is 0 Å². The summed E-state index contributed by atoms with van der Waals surface area (Å²) in [7, 11) is 3.33. The zero-order chi connectivity index (χ0) is 14.3. The Bertz CT molecular complexity index is 368. The average molecular weight is 267 g/mol. The van der Waals surface area contributed by atoms with Crippen LogP contribution in [0, 0.1) is 5.92 Å². The van der Waals surface area contributed by atoms with E-state index < -0.39 is 0 Å². The third-order valence-electron chi connectivity index (χ3n) is 3.24. The van der Waals surface area contributed by atoms with Gasteiger partial charge >= 0.3 is 0 Å². The van der Waals surface area contributed by atoms with Gasteiger partial charge in [-0.3, -0.25) is 0 Å². The first-order valence-electron chi connectivity index (χ1n) is 6.62. The second-order valence-electron chi connectivity index (χ2n) is 4.98. The van der Waals surface area contributed by atoms with Crippen LogP contribution in [0.5, 0.6) is 5.75 Å². The van der Waals surface area contributed by atoms with Gasteiger partial charge in [0.1, 0.15) is 5.75 Å². The molecule has 0 heterocycles. The topological polar surface area (TPSA) is 50.7 Å². The standard InChI is InChI=1S/C15H25NO3/c1-11(2)15(10-18-3)16-14(9-17)12-6-5-7-13(8-12)19-4/h5-8,11,14-17H,9-10H2,1-4H3. The summed E-state index contributed by atoms with van der Waals surface area (Å²) in [6.45, 7) is 4.94. The molecule has 0 radical (unpaired) electrons. The molecule has 4 nitrogen and oxygen atoms in total. The van der Waals surface area contributed by atoms with Gasteiger partial charge in [-0.15, -0.1) is 0 Å². The molecule has 0 aliphatic heterocycles. The molecule has 108 valence electrons. The fourth-order valence-electron chi connectivity index (χ4n) is 1.98. The van der Waals surface area contributed by atoms with Gasteiger partial charge in [-0.1, -0.05) is 26.0 Å². The lowest BCUT2D eigenvalue weighted by Crippen LogP contribution is -2.41. The highest BCUT2D eigenvalue weighted by Crippen LogP contribution is 2.20. The van der Waals surface area contributed by atoms with Gasteiger partial charge in [-0.05, 0) is 23.6 Å². The number of hydrogen-bond acceptors (Lipinski definition) is 4. The van der Waals surface area contributed by atoms with E-state index in [4.69, 9.17) is 9.47 Å². The molecule has 0 aliphatic carbocycles. The molecule has 0 fully saturated rings. The van der Waals surface area contributed by atoms with E-state index in [-0.39, 0.29) is 18.7 Å². The molecule has 0 aromatic heterocycles. The van der Waals surface area contributed by atoms with Gasteiger partial charge in [-0.25, -0.2) is 0 Å². The van der Waals surface area contributed by atoms with E-state index >= 15 is 0 Å². The van der Waals surface area contributed by atoms with E-state index in [2.05, 4.69) is 19.2 Å². The highest BCUT2D eigenvalue weighted by atomic mass is 16.5. The van der Waals surface area contributed by atoms with Gasteiger partial charge in [0.25, 0.3) is 0 Å². The van der Waals surface area contributed by atoms with Crippen LogP contribution in [0.1, 0.15) is 25.5 Å². The van der Waals surface area contributed by atoms with Crippen molar-refractivity contribution in [3.63, 3.8) is 0 Å². The SMILES string of the molecule is COCC(NC(CO)c1cccc(OC)c1)C(C)C. The smallest absolute Gasteiger partial charge is 0.119 e. The fourth-order valence-corrected chi connectivity index (χ4v) is 1.98. The maximum Gasteiger partial charge on any atom is 0.119 e. The van der Waals surface area contributed by atoms with Crippen molar-refractivity contribution in [2.24, 2.45) is 5.92 Å². The zero-order valence-electron chi connectivity index (χ0n) is 12.2. The Kier molecular flexibility index (Phi) is 6.84. The van der Waals surface area contributed by atoms with Crippen molar-refractivity contribution >= 4 is 0 Å². The number of methoxy groups -OCH3 is 2. The maximum absolute atomic E-state index is 9.60. The summed E-state index contributed by atoms with van der Waals surface area (Å²) in [5.41, 5.74) is 1.02. The van der Waals surface area contributed by atoms with Gasteiger partial charge in [0, 0.05) is 13.2 Å². The van der Waals surface area contributed by atoms with Crippen LogP contribution >= 0.6 is 0 Å². The number of hydrogen-bond donors (Lipinski definition) is 2. The molecule has 0 bridgehead atoms. The van der Waals surface area contributed by atoms with Gasteiger partial charge < -0.3 is 19.9 Å². The molecule has 1 rings (SSSR count). The Balaban J connectivity index is 2.80. The molecule has 0 amide bonds. The molecule has 0 aliphatic rings. The summed E-state index contributed by atoms with van der Waals surface area (Å²) in [4.78, 5) is 0.